The molecule has 3 nitrogen and oxygen atoms in total. The highest BCUT2D eigenvalue weighted by Crippen LogP contribution is 2.18. The summed E-state index contributed by atoms with van der Waals surface area (Å²) < 4.78 is 0. The molecule has 0 aliphatic carbocycles. The van der Waals surface area contributed by atoms with Crippen LogP contribution < -0.4 is 5.32 Å². The topological polar surface area (TPSA) is 35.5 Å². The molecule has 1 rings (SSSR count). The number of halogens is 1. The maximum absolute atomic E-state index is 10.0. The first-order chi connectivity index (χ1) is 9.67. The summed E-state index contributed by atoms with van der Waals surface area (Å²) in [7, 11) is 0. The standard InChI is InChI=1S/C16H27ClN2O/c1-3-19(4-2)13-5-11-18-12-10-16(20)14-6-8-15(17)9-7-14/h6-9,16,18,20H,3-5,10-13H2,1-2H3. The lowest BCUT2D eigenvalue weighted by Gasteiger charge is -2.18. The van der Waals surface area contributed by atoms with Crippen LogP contribution in [0.4, 0.5) is 0 Å². The molecule has 1 aromatic carbocycles. The third kappa shape index (κ3) is 6.71. The molecule has 0 saturated carbocycles. The van der Waals surface area contributed by atoms with Gasteiger partial charge in [-0.3, -0.25) is 0 Å². The minimum Gasteiger partial charge on any atom is -0.388 e. The summed E-state index contributed by atoms with van der Waals surface area (Å²) in [5, 5.41) is 14.1. The quantitative estimate of drug-likeness (QED) is 0.652. The fraction of sp³-hybridized carbons (Fsp3) is 0.625. The Morgan fingerprint density at radius 3 is 2.40 bits per heavy atom. The number of hydrogen-bond donors (Lipinski definition) is 2. The van der Waals surface area contributed by atoms with Gasteiger partial charge in [0.2, 0.25) is 0 Å². The molecule has 1 aromatic rings. The van der Waals surface area contributed by atoms with Crippen LogP contribution in [0.15, 0.2) is 24.3 Å². The number of nitrogens with zero attached hydrogens (tertiary/aromatic N) is 1. The molecule has 0 bridgehead atoms. The molecule has 0 saturated heterocycles. The van der Waals surface area contributed by atoms with E-state index in [0.717, 1.165) is 51.1 Å². The molecule has 0 aromatic heterocycles. The molecular formula is C16H27ClN2O. The van der Waals surface area contributed by atoms with Gasteiger partial charge in [0.25, 0.3) is 0 Å². The highest BCUT2D eigenvalue weighted by Gasteiger charge is 2.06. The third-order valence-corrected chi connectivity index (χ3v) is 3.82. The molecule has 0 aliphatic heterocycles. The number of hydrogen-bond acceptors (Lipinski definition) is 3. The van der Waals surface area contributed by atoms with E-state index in [9.17, 15) is 5.11 Å². The van der Waals surface area contributed by atoms with Crippen molar-refractivity contribution in [3.63, 3.8) is 0 Å². The van der Waals surface area contributed by atoms with Crippen molar-refractivity contribution in [3.8, 4) is 0 Å². The SMILES string of the molecule is CCN(CC)CCCNCCC(O)c1ccc(Cl)cc1. The molecule has 0 aliphatic rings. The van der Waals surface area contributed by atoms with Crippen molar-refractivity contribution in [3.05, 3.63) is 34.9 Å². The average Bonchev–Trinajstić information content (AvgIpc) is 2.47. The molecule has 0 fully saturated rings. The van der Waals surface area contributed by atoms with E-state index in [2.05, 4.69) is 24.1 Å². The van der Waals surface area contributed by atoms with Crippen LogP contribution in [0, 0.1) is 0 Å². The molecule has 114 valence electrons. The first-order valence-electron chi connectivity index (χ1n) is 7.54. The zero-order chi connectivity index (χ0) is 14.8. The van der Waals surface area contributed by atoms with Crippen LogP contribution in [0.1, 0.15) is 38.4 Å². The lowest BCUT2D eigenvalue weighted by atomic mass is 10.1. The molecule has 1 unspecified atom stereocenters. The summed E-state index contributed by atoms with van der Waals surface area (Å²) >= 11 is 5.83. The van der Waals surface area contributed by atoms with Crippen molar-refractivity contribution < 1.29 is 5.11 Å². The minimum atomic E-state index is -0.414. The van der Waals surface area contributed by atoms with Crippen molar-refractivity contribution in [1.82, 2.24) is 10.2 Å². The summed E-state index contributed by atoms with van der Waals surface area (Å²) in [6.45, 7) is 9.60. The van der Waals surface area contributed by atoms with Crippen molar-refractivity contribution in [1.29, 1.82) is 0 Å². The number of benzene rings is 1. The van der Waals surface area contributed by atoms with Crippen LogP contribution in [0.3, 0.4) is 0 Å². The fourth-order valence-electron chi connectivity index (χ4n) is 2.18. The highest BCUT2D eigenvalue weighted by molar-refractivity contribution is 6.30. The molecule has 2 N–H and O–H groups in total. The maximum atomic E-state index is 10.0. The first-order valence-corrected chi connectivity index (χ1v) is 7.91. The smallest absolute Gasteiger partial charge is 0.0802 e. The summed E-state index contributed by atoms with van der Waals surface area (Å²) in [5.74, 6) is 0. The second-order valence-electron chi connectivity index (χ2n) is 4.99. The normalized spacial score (nSPS) is 12.8. The molecular weight excluding hydrogens is 272 g/mol. The van der Waals surface area contributed by atoms with Crippen LogP contribution in [-0.2, 0) is 0 Å². The fourth-order valence-corrected chi connectivity index (χ4v) is 2.31. The van der Waals surface area contributed by atoms with Gasteiger partial charge in [0.15, 0.2) is 0 Å². The molecule has 4 heteroatoms. The van der Waals surface area contributed by atoms with Gasteiger partial charge < -0.3 is 15.3 Å². The molecule has 0 spiro atoms. The van der Waals surface area contributed by atoms with E-state index in [1.165, 1.54) is 0 Å². The monoisotopic (exact) mass is 298 g/mol. The Morgan fingerprint density at radius 1 is 1.15 bits per heavy atom. The van der Waals surface area contributed by atoms with Gasteiger partial charge in [-0.2, -0.15) is 0 Å². The van der Waals surface area contributed by atoms with E-state index in [4.69, 9.17) is 11.6 Å². The van der Waals surface area contributed by atoms with Gasteiger partial charge in [0.05, 0.1) is 6.10 Å². The van der Waals surface area contributed by atoms with Gasteiger partial charge in [0, 0.05) is 5.02 Å². The Labute approximate surface area is 127 Å². The van der Waals surface area contributed by atoms with Crippen molar-refractivity contribution in [2.75, 3.05) is 32.7 Å². The molecule has 0 radical (unpaired) electrons. The highest BCUT2D eigenvalue weighted by atomic mass is 35.5. The Balaban J connectivity index is 2.10. The molecule has 0 amide bonds. The Kier molecular flexibility index (Phi) is 8.86. The van der Waals surface area contributed by atoms with E-state index >= 15 is 0 Å². The number of aliphatic hydroxyl groups is 1. The largest absolute Gasteiger partial charge is 0.388 e. The predicted octanol–water partition coefficient (Wildman–Crippen LogP) is 3.09. The van der Waals surface area contributed by atoms with Gasteiger partial charge >= 0.3 is 0 Å². The minimum absolute atomic E-state index is 0.414. The average molecular weight is 299 g/mol. The molecule has 20 heavy (non-hydrogen) atoms. The van der Waals surface area contributed by atoms with E-state index < -0.39 is 6.10 Å². The van der Waals surface area contributed by atoms with Gasteiger partial charge in [-0.1, -0.05) is 37.6 Å². The van der Waals surface area contributed by atoms with Gasteiger partial charge in [0.1, 0.15) is 0 Å². The van der Waals surface area contributed by atoms with Crippen LogP contribution in [0.5, 0.6) is 0 Å². The Hall–Kier alpha value is -0.610. The van der Waals surface area contributed by atoms with Crippen LogP contribution in [-0.4, -0.2) is 42.7 Å². The predicted molar refractivity (Wildman–Crippen MR) is 86.3 cm³/mol. The Morgan fingerprint density at radius 2 is 1.80 bits per heavy atom. The maximum Gasteiger partial charge on any atom is 0.0802 e. The van der Waals surface area contributed by atoms with Gasteiger partial charge in [-0.25, -0.2) is 0 Å². The third-order valence-electron chi connectivity index (χ3n) is 3.57. The van der Waals surface area contributed by atoms with Crippen molar-refractivity contribution in [2.24, 2.45) is 0 Å². The van der Waals surface area contributed by atoms with Gasteiger partial charge in [-0.15, -0.1) is 0 Å². The Bertz CT molecular complexity index is 352. The zero-order valence-electron chi connectivity index (χ0n) is 12.6. The molecule has 1 atom stereocenters. The summed E-state index contributed by atoms with van der Waals surface area (Å²) in [4.78, 5) is 2.42. The summed E-state index contributed by atoms with van der Waals surface area (Å²) in [6, 6.07) is 7.40. The lowest BCUT2D eigenvalue weighted by molar-refractivity contribution is 0.166. The zero-order valence-corrected chi connectivity index (χ0v) is 13.4. The van der Waals surface area contributed by atoms with Crippen molar-refractivity contribution in [2.45, 2.75) is 32.8 Å². The van der Waals surface area contributed by atoms with E-state index in [-0.39, 0.29) is 0 Å². The lowest BCUT2D eigenvalue weighted by Crippen LogP contribution is -2.27. The second kappa shape index (κ2) is 10.2. The van der Waals surface area contributed by atoms with Crippen molar-refractivity contribution >= 4 is 11.6 Å². The van der Waals surface area contributed by atoms with E-state index in [1.54, 1.807) is 0 Å². The summed E-state index contributed by atoms with van der Waals surface area (Å²) in [5.41, 5.74) is 0.930. The van der Waals surface area contributed by atoms with Gasteiger partial charge in [-0.05, 0) is 63.3 Å². The molecule has 0 heterocycles. The van der Waals surface area contributed by atoms with Crippen LogP contribution in [0.2, 0.25) is 5.02 Å². The second-order valence-corrected chi connectivity index (χ2v) is 5.42. The van der Waals surface area contributed by atoms with Crippen LogP contribution in [0.25, 0.3) is 0 Å². The number of nitrogens with one attached hydrogen (secondary N) is 1. The van der Waals surface area contributed by atoms with Crippen LogP contribution >= 0.6 is 11.6 Å². The number of rotatable bonds is 10. The van der Waals surface area contributed by atoms with E-state index in [1.807, 2.05) is 24.3 Å². The number of aliphatic hydroxyl groups excluding tert-OH is 1. The first kappa shape index (κ1) is 17.4. The summed E-state index contributed by atoms with van der Waals surface area (Å²) in [6.07, 6.45) is 1.47. The van der Waals surface area contributed by atoms with E-state index in [0.29, 0.717) is 5.02 Å².